The van der Waals surface area contributed by atoms with Gasteiger partial charge in [0.2, 0.25) is 0 Å². The maximum atomic E-state index is 12.2. The Balaban J connectivity index is 2.89. The molecule has 1 aromatic rings. The van der Waals surface area contributed by atoms with Crippen LogP contribution >= 0.6 is 11.6 Å². The lowest BCUT2D eigenvalue weighted by atomic mass is 10.4. The van der Waals surface area contributed by atoms with Gasteiger partial charge in [0.25, 0.3) is 0 Å². The normalized spacial score (nSPS) is 11.8. The minimum Gasteiger partial charge on any atom is -0.268 e. The molecular weight excluding hydrogens is 274 g/mol. The van der Waals surface area contributed by atoms with Crippen LogP contribution in [0.1, 0.15) is 26.7 Å². The minimum atomic E-state index is -3.56. The Morgan fingerprint density at radius 1 is 1.33 bits per heavy atom. The highest BCUT2D eigenvalue weighted by Crippen LogP contribution is 2.21. The molecule has 7 heteroatoms. The Morgan fingerprint density at radius 3 is 2.44 bits per heavy atom. The Labute approximate surface area is 113 Å². The van der Waals surface area contributed by atoms with Crippen molar-refractivity contribution >= 4 is 27.5 Å². The molecule has 0 saturated carbocycles. The van der Waals surface area contributed by atoms with Crippen LogP contribution in [0.2, 0.25) is 5.02 Å². The van der Waals surface area contributed by atoms with E-state index in [0.717, 1.165) is 12.8 Å². The van der Waals surface area contributed by atoms with Crippen LogP contribution < -0.4 is 4.72 Å². The van der Waals surface area contributed by atoms with Gasteiger partial charge in [0.05, 0.1) is 16.9 Å². The molecule has 0 aliphatic heterocycles. The molecule has 0 radical (unpaired) electrons. The monoisotopic (exact) mass is 291 g/mol. The Kier molecular flexibility index (Phi) is 5.84. The van der Waals surface area contributed by atoms with Crippen LogP contribution in [0.3, 0.4) is 0 Å². The van der Waals surface area contributed by atoms with E-state index >= 15 is 0 Å². The third kappa shape index (κ3) is 4.12. The summed E-state index contributed by atoms with van der Waals surface area (Å²) >= 11 is 5.90. The molecule has 0 unspecified atom stereocenters. The van der Waals surface area contributed by atoms with Gasteiger partial charge in [-0.05, 0) is 18.9 Å². The maximum Gasteiger partial charge on any atom is 0.301 e. The SMILES string of the molecule is CCCN(CCC)S(=O)(=O)Nc1cnccc1Cl. The second kappa shape index (κ2) is 6.92. The highest BCUT2D eigenvalue weighted by molar-refractivity contribution is 7.90. The number of hydrogen-bond acceptors (Lipinski definition) is 3. The molecule has 102 valence electrons. The number of halogens is 1. The van der Waals surface area contributed by atoms with Crippen molar-refractivity contribution in [1.82, 2.24) is 9.29 Å². The van der Waals surface area contributed by atoms with Crippen LogP contribution in [-0.2, 0) is 10.2 Å². The topological polar surface area (TPSA) is 62.3 Å². The summed E-state index contributed by atoms with van der Waals surface area (Å²) in [5, 5.41) is 0.335. The third-order valence-electron chi connectivity index (χ3n) is 2.29. The first-order valence-electron chi connectivity index (χ1n) is 5.88. The first-order valence-corrected chi connectivity index (χ1v) is 7.70. The van der Waals surface area contributed by atoms with Crippen molar-refractivity contribution in [2.75, 3.05) is 17.8 Å². The van der Waals surface area contributed by atoms with Crippen molar-refractivity contribution in [3.63, 3.8) is 0 Å². The molecule has 0 fully saturated rings. The summed E-state index contributed by atoms with van der Waals surface area (Å²) in [6, 6.07) is 1.55. The van der Waals surface area contributed by atoms with Gasteiger partial charge >= 0.3 is 10.2 Å². The molecule has 1 N–H and O–H groups in total. The largest absolute Gasteiger partial charge is 0.301 e. The van der Waals surface area contributed by atoms with E-state index in [1.54, 1.807) is 6.07 Å². The van der Waals surface area contributed by atoms with E-state index in [1.807, 2.05) is 13.8 Å². The van der Waals surface area contributed by atoms with Gasteiger partial charge in [0, 0.05) is 19.3 Å². The first kappa shape index (κ1) is 15.2. The average molecular weight is 292 g/mol. The molecule has 0 amide bonds. The van der Waals surface area contributed by atoms with Crippen molar-refractivity contribution < 1.29 is 8.42 Å². The summed E-state index contributed by atoms with van der Waals surface area (Å²) < 4.78 is 28.2. The number of nitrogens with one attached hydrogen (secondary N) is 1. The Bertz CT molecular complexity index is 473. The van der Waals surface area contributed by atoms with Crippen LogP contribution in [0, 0.1) is 0 Å². The fraction of sp³-hybridized carbons (Fsp3) is 0.545. The van der Waals surface area contributed by atoms with Gasteiger partial charge in [-0.2, -0.15) is 12.7 Å². The van der Waals surface area contributed by atoms with Crippen molar-refractivity contribution in [2.45, 2.75) is 26.7 Å². The molecule has 1 rings (SSSR count). The number of anilines is 1. The molecule has 0 saturated heterocycles. The zero-order valence-electron chi connectivity index (χ0n) is 10.6. The van der Waals surface area contributed by atoms with Gasteiger partial charge in [-0.25, -0.2) is 0 Å². The maximum absolute atomic E-state index is 12.2. The molecule has 0 aliphatic carbocycles. The summed E-state index contributed by atoms with van der Waals surface area (Å²) in [6.45, 7) is 4.85. The van der Waals surface area contributed by atoms with Gasteiger partial charge in [-0.15, -0.1) is 0 Å². The zero-order valence-corrected chi connectivity index (χ0v) is 12.1. The summed E-state index contributed by atoms with van der Waals surface area (Å²) in [4.78, 5) is 3.85. The van der Waals surface area contributed by atoms with Crippen LogP contribution in [0.15, 0.2) is 18.5 Å². The summed E-state index contributed by atoms with van der Waals surface area (Å²) in [6.07, 6.45) is 4.44. The lowest BCUT2D eigenvalue weighted by Crippen LogP contribution is -2.37. The number of hydrogen-bond donors (Lipinski definition) is 1. The molecule has 0 aromatic carbocycles. The first-order chi connectivity index (χ1) is 8.51. The van der Waals surface area contributed by atoms with E-state index in [2.05, 4.69) is 9.71 Å². The van der Waals surface area contributed by atoms with Crippen molar-refractivity contribution in [3.05, 3.63) is 23.5 Å². The third-order valence-corrected chi connectivity index (χ3v) is 4.15. The van der Waals surface area contributed by atoms with Crippen molar-refractivity contribution in [2.24, 2.45) is 0 Å². The van der Waals surface area contributed by atoms with Gasteiger partial charge < -0.3 is 0 Å². The van der Waals surface area contributed by atoms with Crippen molar-refractivity contribution in [3.8, 4) is 0 Å². The van der Waals surface area contributed by atoms with Crippen LogP contribution in [-0.4, -0.2) is 30.8 Å². The lowest BCUT2D eigenvalue weighted by molar-refractivity contribution is 0.413. The molecule has 18 heavy (non-hydrogen) atoms. The van der Waals surface area contributed by atoms with E-state index in [1.165, 1.54) is 16.7 Å². The lowest BCUT2D eigenvalue weighted by Gasteiger charge is -2.21. The molecule has 0 spiro atoms. The highest BCUT2D eigenvalue weighted by atomic mass is 35.5. The Hall–Kier alpha value is -0.850. The average Bonchev–Trinajstić information content (AvgIpc) is 2.32. The summed E-state index contributed by atoms with van der Waals surface area (Å²) in [5.41, 5.74) is 0.302. The second-order valence-corrected chi connectivity index (χ2v) is 5.94. The smallest absolute Gasteiger partial charge is 0.268 e. The number of aromatic nitrogens is 1. The van der Waals surface area contributed by atoms with Crippen LogP contribution in [0.4, 0.5) is 5.69 Å². The molecule has 0 atom stereocenters. The molecule has 5 nitrogen and oxygen atoms in total. The fourth-order valence-electron chi connectivity index (χ4n) is 1.51. The summed E-state index contributed by atoms with van der Waals surface area (Å²) in [7, 11) is -3.56. The Morgan fingerprint density at radius 2 is 1.94 bits per heavy atom. The molecule has 0 aliphatic rings. The van der Waals surface area contributed by atoms with E-state index in [9.17, 15) is 8.42 Å². The predicted octanol–water partition coefficient (Wildman–Crippen LogP) is 2.51. The molecule has 0 bridgehead atoms. The van der Waals surface area contributed by atoms with Gasteiger partial charge in [0.15, 0.2) is 0 Å². The molecule has 1 heterocycles. The van der Waals surface area contributed by atoms with Gasteiger partial charge in [0.1, 0.15) is 0 Å². The molecule has 1 aromatic heterocycles. The van der Waals surface area contributed by atoms with E-state index in [-0.39, 0.29) is 0 Å². The van der Waals surface area contributed by atoms with Crippen LogP contribution in [0.5, 0.6) is 0 Å². The highest BCUT2D eigenvalue weighted by Gasteiger charge is 2.21. The standard InChI is InChI=1S/C11H18ClN3O2S/c1-3-7-15(8-4-2)18(16,17)14-11-9-13-6-5-10(11)12/h5-6,9,14H,3-4,7-8H2,1-2H3. The quantitative estimate of drug-likeness (QED) is 0.839. The van der Waals surface area contributed by atoms with E-state index < -0.39 is 10.2 Å². The van der Waals surface area contributed by atoms with Crippen LogP contribution in [0.25, 0.3) is 0 Å². The van der Waals surface area contributed by atoms with Gasteiger partial charge in [-0.1, -0.05) is 25.4 Å². The predicted molar refractivity (Wildman–Crippen MR) is 73.9 cm³/mol. The van der Waals surface area contributed by atoms with Crippen molar-refractivity contribution in [1.29, 1.82) is 0 Å². The number of rotatable bonds is 7. The number of pyridine rings is 1. The minimum absolute atomic E-state index is 0.302. The fourth-order valence-corrected chi connectivity index (χ4v) is 3.13. The van der Waals surface area contributed by atoms with E-state index in [0.29, 0.717) is 23.8 Å². The molecular formula is C11H18ClN3O2S. The van der Waals surface area contributed by atoms with Gasteiger partial charge in [-0.3, -0.25) is 9.71 Å². The van der Waals surface area contributed by atoms with E-state index in [4.69, 9.17) is 11.6 Å². The number of nitrogens with zero attached hydrogens (tertiary/aromatic N) is 2. The summed E-state index contributed by atoms with van der Waals surface area (Å²) in [5.74, 6) is 0. The zero-order chi connectivity index (χ0) is 13.6. The second-order valence-electron chi connectivity index (χ2n) is 3.86.